The third kappa shape index (κ3) is 3.20. The molecule has 1 aliphatic heterocycles. The summed E-state index contributed by atoms with van der Waals surface area (Å²) in [6, 6.07) is 2.48. The largest absolute Gasteiger partial charge is 0.618 e. The number of allylic oxidation sites excluding steroid dienone is 2. The number of nitrogens with one attached hydrogen (secondary N) is 1. The van der Waals surface area contributed by atoms with Crippen molar-refractivity contribution in [3.63, 3.8) is 0 Å². The van der Waals surface area contributed by atoms with Gasteiger partial charge in [0.05, 0.1) is 22.6 Å². The molecule has 0 spiro atoms. The molecule has 10 heteroatoms. The normalized spacial score (nSPS) is 16.0. The summed E-state index contributed by atoms with van der Waals surface area (Å²) in [7, 11) is -4.05. The highest BCUT2D eigenvalue weighted by Gasteiger charge is 2.41. The van der Waals surface area contributed by atoms with Gasteiger partial charge >= 0.3 is 17.0 Å². The summed E-state index contributed by atoms with van der Waals surface area (Å²) in [6.07, 6.45) is 1.75. The van der Waals surface area contributed by atoms with E-state index < -0.39 is 32.7 Å². The van der Waals surface area contributed by atoms with Gasteiger partial charge in [0.15, 0.2) is 6.20 Å². The maximum absolute atomic E-state index is 12.1. The number of dihydropyridines is 1. The number of carboxylic acids is 2. The van der Waals surface area contributed by atoms with Crippen LogP contribution in [0.25, 0.3) is 0 Å². The van der Waals surface area contributed by atoms with E-state index in [0.29, 0.717) is 0 Å². The fourth-order valence-electron chi connectivity index (χ4n) is 2.96. The molecule has 0 amide bonds. The zero-order chi connectivity index (χ0) is 19.1. The molecular formula is C15H16N2O7S. The van der Waals surface area contributed by atoms with Gasteiger partial charge in [-0.15, -0.1) is 0 Å². The lowest BCUT2D eigenvalue weighted by Gasteiger charge is -2.28. The molecule has 1 aliphatic rings. The first-order valence-corrected chi connectivity index (χ1v) is 8.93. The van der Waals surface area contributed by atoms with E-state index in [4.69, 9.17) is 0 Å². The molecule has 9 nitrogen and oxygen atoms in total. The van der Waals surface area contributed by atoms with Gasteiger partial charge in [0.25, 0.3) is 0 Å². The number of hydrogen-bond donors (Lipinski definition) is 3. The van der Waals surface area contributed by atoms with Crippen molar-refractivity contribution in [3.8, 4) is 0 Å². The fraction of sp³-hybridized carbons (Fsp3) is 0.267. The Bertz CT molecular complexity index is 909. The lowest BCUT2D eigenvalue weighted by atomic mass is 9.81. The predicted octanol–water partition coefficient (Wildman–Crippen LogP) is 0.127. The van der Waals surface area contributed by atoms with Crippen LogP contribution in [0.2, 0.25) is 0 Å². The molecule has 134 valence electrons. The Morgan fingerprint density at radius 3 is 2.04 bits per heavy atom. The van der Waals surface area contributed by atoms with E-state index in [9.17, 15) is 33.4 Å². The molecule has 0 aliphatic carbocycles. The molecule has 0 radical (unpaired) electrons. The van der Waals surface area contributed by atoms with Crippen molar-refractivity contribution in [1.82, 2.24) is 5.32 Å². The summed E-state index contributed by atoms with van der Waals surface area (Å²) < 4.78 is 24.2. The Balaban J connectivity index is 2.94. The van der Waals surface area contributed by atoms with Crippen molar-refractivity contribution in [2.24, 2.45) is 0 Å². The Morgan fingerprint density at radius 1 is 1.16 bits per heavy atom. The third-order valence-electron chi connectivity index (χ3n) is 3.83. The Morgan fingerprint density at radius 2 is 1.64 bits per heavy atom. The first-order chi connectivity index (χ1) is 11.5. The van der Waals surface area contributed by atoms with Crippen molar-refractivity contribution in [2.75, 3.05) is 6.26 Å². The highest BCUT2D eigenvalue weighted by atomic mass is 32.2. The Labute approximate surface area is 143 Å². The highest BCUT2D eigenvalue weighted by molar-refractivity contribution is 7.90. The predicted molar refractivity (Wildman–Crippen MR) is 85.1 cm³/mol. The molecule has 0 saturated heterocycles. The average Bonchev–Trinajstić information content (AvgIpc) is 2.43. The number of carboxylic acid groups (broad SMARTS) is 2. The first-order valence-electron chi connectivity index (χ1n) is 7.04. The molecule has 1 aromatic heterocycles. The van der Waals surface area contributed by atoms with E-state index in [1.54, 1.807) is 0 Å². The van der Waals surface area contributed by atoms with E-state index in [0.717, 1.165) is 12.5 Å². The number of nitrogens with zero attached hydrogens (tertiary/aromatic N) is 1. The van der Waals surface area contributed by atoms with Gasteiger partial charge in [-0.25, -0.2) is 18.0 Å². The topological polar surface area (TPSA) is 148 Å². The Kier molecular flexibility index (Phi) is 4.58. The van der Waals surface area contributed by atoms with Crippen LogP contribution in [0.3, 0.4) is 0 Å². The SMILES string of the molecule is CC1=C(C(=O)O)C(c2ccc[n+]([O-])c2S(C)(=O)=O)C(C(=O)O)=C(C)N1. The standard InChI is InChI=1S/C15H16N2O7S/c1-7-10(14(18)19)12(11(15(20)21)8(2)16-7)9-5-4-6-17(22)13(9)25(3,23)24/h4-6,12,16H,1-3H3,(H,18,19)(H,20,21). The summed E-state index contributed by atoms with van der Waals surface area (Å²) in [5.74, 6) is -4.24. The van der Waals surface area contributed by atoms with Crippen molar-refractivity contribution >= 4 is 21.8 Å². The molecule has 3 N–H and O–H groups in total. The molecule has 1 aromatic rings. The maximum Gasteiger partial charge on any atom is 0.334 e. The van der Waals surface area contributed by atoms with E-state index in [1.165, 1.54) is 26.0 Å². The van der Waals surface area contributed by atoms with E-state index >= 15 is 0 Å². The van der Waals surface area contributed by atoms with E-state index in [2.05, 4.69) is 5.32 Å². The lowest BCUT2D eigenvalue weighted by molar-refractivity contribution is -0.647. The minimum absolute atomic E-state index is 0.0936. The molecular weight excluding hydrogens is 352 g/mol. The van der Waals surface area contributed by atoms with Gasteiger partial charge in [-0.3, -0.25) is 0 Å². The summed E-state index contributed by atoms with van der Waals surface area (Å²) in [5, 5.41) is 33.1. The van der Waals surface area contributed by atoms with Crippen LogP contribution in [-0.4, -0.2) is 36.8 Å². The number of aromatic nitrogens is 1. The van der Waals surface area contributed by atoms with Crippen LogP contribution < -0.4 is 10.0 Å². The van der Waals surface area contributed by atoms with Crippen LogP contribution in [0.4, 0.5) is 0 Å². The first kappa shape index (κ1) is 18.5. The zero-order valence-electron chi connectivity index (χ0n) is 13.6. The van der Waals surface area contributed by atoms with Gasteiger partial charge in [0.1, 0.15) is 0 Å². The van der Waals surface area contributed by atoms with Crippen molar-refractivity contribution in [1.29, 1.82) is 0 Å². The van der Waals surface area contributed by atoms with E-state index in [-0.39, 0.29) is 32.8 Å². The van der Waals surface area contributed by atoms with Gasteiger partial charge in [-0.05, 0) is 19.9 Å². The van der Waals surface area contributed by atoms with Crippen LogP contribution in [0.1, 0.15) is 25.3 Å². The number of aliphatic carboxylic acids is 2. The van der Waals surface area contributed by atoms with Gasteiger partial charge in [0.2, 0.25) is 9.84 Å². The van der Waals surface area contributed by atoms with Crippen molar-refractivity contribution in [2.45, 2.75) is 24.8 Å². The zero-order valence-corrected chi connectivity index (χ0v) is 14.4. The maximum atomic E-state index is 12.1. The minimum Gasteiger partial charge on any atom is -0.618 e. The molecule has 0 saturated carbocycles. The second-order valence-electron chi connectivity index (χ2n) is 5.61. The number of hydrogen-bond acceptors (Lipinski definition) is 6. The van der Waals surface area contributed by atoms with Crippen LogP contribution >= 0.6 is 0 Å². The molecule has 2 rings (SSSR count). The number of pyridine rings is 1. The van der Waals surface area contributed by atoms with Gasteiger partial charge in [-0.2, -0.15) is 4.73 Å². The van der Waals surface area contributed by atoms with Gasteiger partial charge in [-0.1, -0.05) is 0 Å². The molecule has 25 heavy (non-hydrogen) atoms. The van der Waals surface area contributed by atoms with Crippen LogP contribution in [0, 0.1) is 5.21 Å². The second-order valence-corrected chi connectivity index (χ2v) is 7.54. The van der Waals surface area contributed by atoms with Crippen molar-refractivity contribution < 1.29 is 33.0 Å². The smallest absolute Gasteiger partial charge is 0.334 e. The molecule has 2 heterocycles. The molecule has 0 bridgehead atoms. The van der Waals surface area contributed by atoms with Crippen LogP contribution in [0.15, 0.2) is 45.9 Å². The van der Waals surface area contributed by atoms with Gasteiger partial charge < -0.3 is 20.7 Å². The number of sulfone groups is 1. The number of carbonyl (C=O) groups is 2. The Hall–Kier alpha value is -2.88. The second kappa shape index (κ2) is 6.20. The molecule has 0 fully saturated rings. The van der Waals surface area contributed by atoms with Gasteiger partial charge in [0, 0.05) is 23.7 Å². The van der Waals surface area contributed by atoms with Crippen LogP contribution in [0.5, 0.6) is 0 Å². The molecule has 0 unspecified atom stereocenters. The van der Waals surface area contributed by atoms with Crippen molar-refractivity contribution in [3.05, 3.63) is 51.6 Å². The third-order valence-corrected chi connectivity index (χ3v) is 4.95. The monoisotopic (exact) mass is 368 g/mol. The molecule has 0 atom stereocenters. The quantitative estimate of drug-likeness (QED) is 0.502. The summed E-state index contributed by atoms with van der Waals surface area (Å²) in [4.78, 5) is 23.4. The van der Waals surface area contributed by atoms with Crippen LogP contribution in [-0.2, 0) is 19.4 Å². The minimum atomic E-state index is -4.05. The lowest BCUT2D eigenvalue weighted by Crippen LogP contribution is -2.38. The summed E-state index contributed by atoms with van der Waals surface area (Å²) >= 11 is 0. The fourth-order valence-corrected chi connectivity index (χ4v) is 3.96. The summed E-state index contributed by atoms with van der Waals surface area (Å²) in [6.45, 7) is 2.87. The number of rotatable bonds is 4. The molecule has 0 aromatic carbocycles. The highest BCUT2D eigenvalue weighted by Crippen LogP contribution is 2.39. The average molecular weight is 368 g/mol. The van der Waals surface area contributed by atoms with E-state index in [1.807, 2.05) is 0 Å². The summed E-state index contributed by atoms with van der Waals surface area (Å²) in [5.41, 5.74) is -0.533.